The molecule has 0 fully saturated rings. The summed E-state index contributed by atoms with van der Waals surface area (Å²) in [7, 11) is -3.64. The van der Waals surface area contributed by atoms with E-state index >= 15 is 0 Å². The first-order chi connectivity index (χ1) is 9.23. The third kappa shape index (κ3) is 4.01. The molecule has 0 bridgehead atoms. The van der Waals surface area contributed by atoms with Gasteiger partial charge in [-0.05, 0) is 23.6 Å². The van der Waals surface area contributed by atoms with Crippen molar-refractivity contribution in [2.45, 2.75) is 31.5 Å². The lowest BCUT2D eigenvalue weighted by Gasteiger charge is -2.23. The van der Waals surface area contributed by atoms with Crippen LogP contribution >= 0.6 is 34.8 Å². The summed E-state index contributed by atoms with van der Waals surface area (Å²) < 4.78 is 26.7. The molecule has 0 aliphatic heterocycles. The predicted molar refractivity (Wildman–Crippen MR) is 85.3 cm³/mol. The van der Waals surface area contributed by atoms with Gasteiger partial charge < -0.3 is 0 Å². The fourth-order valence-corrected chi connectivity index (χ4v) is 4.56. The SMILES string of the molecule is CCN(CC(C)C)S(=O)(=O)c1cc(CCl)c(Cl)cc1Cl. The van der Waals surface area contributed by atoms with E-state index in [1.54, 1.807) is 6.92 Å². The maximum Gasteiger partial charge on any atom is 0.244 e. The summed E-state index contributed by atoms with van der Waals surface area (Å²) in [6.45, 7) is 6.55. The first-order valence-electron chi connectivity index (χ1n) is 6.28. The molecule has 0 heterocycles. The van der Waals surface area contributed by atoms with Crippen molar-refractivity contribution in [3.63, 3.8) is 0 Å². The van der Waals surface area contributed by atoms with Crippen molar-refractivity contribution >= 4 is 44.8 Å². The molecule has 0 aliphatic rings. The number of nitrogens with zero attached hydrogens (tertiary/aromatic N) is 1. The topological polar surface area (TPSA) is 37.4 Å². The highest BCUT2D eigenvalue weighted by Gasteiger charge is 2.27. The van der Waals surface area contributed by atoms with Gasteiger partial charge >= 0.3 is 0 Å². The molecule has 0 aliphatic carbocycles. The summed E-state index contributed by atoms with van der Waals surface area (Å²) in [6.07, 6.45) is 0. The third-order valence-electron chi connectivity index (χ3n) is 2.78. The minimum Gasteiger partial charge on any atom is -0.207 e. The van der Waals surface area contributed by atoms with Crippen LogP contribution in [0.1, 0.15) is 26.3 Å². The summed E-state index contributed by atoms with van der Waals surface area (Å²) in [6, 6.07) is 2.88. The number of rotatable bonds is 6. The highest BCUT2D eigenvalue weighted by molar-refractivity contribution is 7.89. The molecule has 3 nitrogen and oxygen atoms in total. The average Bonchev–Trinajstić information content (AvgIpc) is 2.35. The highest BCUT2D eigenvalue weighted by atomic mass is 35.5. The van der Waals surface area contributed by atoms with Gasteiger partial charge in [0, 0.05) is 24.0 Å². The van der Waals surface area contributed by atoms with Crippen LogP contribution in [0.4, 0.5) is 0 Å². The van der Waals surface area contributed by atoms with E-state index in [0.717, 1.165) is 0 Å². The molecule has 0 spiro atoms. The van der Waals surface area contributed by atoms with Crippen molar-refractivity contribution in [1.29, 1.82) is 0 Å². The summed E-state index contributed by atoms with van der Waals surface area (Å²) in [5.41, 5.74) is 0.553. The van der Waals surface area contributed by atoms with Crippen molar-refractivity contribution in [2.24, 2.45) is 5.92 Å². The predicted octanol–water partition coefficient (Wildman–Crippen LogP) is 4.40. The number of hydrogen-bond donors (Lipinski definition) is 0. The van der Waals surface area contributed by atoms with Crippen LogP contribution in [0.25, 0.3) is 0 Å². The molecule has 0 atom stereocenters. The fraction of sp³-hybridized carbons (Fsp3) is 0.538. The van der Waals surface area contributed by atoms with E-state index in [1.807, 2.05) is 13.8 Å². The highest BCUT2D eigenvalue weighted by Crippen LogP contribution is 2.31. The second-order valence-corrected chi connectivity index (χ2v) is 7.85. The second-order valence-electron chi connectivity index (χ2n) is 4.86. The molecule has 20 heavy (non-hydrogen) atoms. The van der Waals surface area contributed by atoms with Crippen LogP contribution in [-0.4, -0.2) is 25.8 Å². The molecule has 7 heteroatoms. The summed E-state index contributed by atoms with van der Waals surface area (Å²) in [5.74, 6) is 0.359. The number of alkyl halides is 1. The van der Waals surface area contributed by atoms with E-state index in [0.29, 0.717) is 23.7 Å². The Kier molecular flexibility index (Phi) is 6.61. The van der Waals surface area contributed by atoms with Gasteiger partial charge in [-0.2, -0.15) is 4.31 Å². The van der Waals surface area contributed by atoms with Crippen LogP contribution in [-0.2, 0) is 15.9 Å². The quantitative estimate of drug-likeness (QED) is 0.707. The first-order valence-corrected chi connectivity index (χ1v) is 9.01. The Labute approximate surface area is 135 Å². The Balaban J connectivity index is 3.33. The molecule has 0 saturated carbocycles. The van der Waals surface area contributed by atoms with E-state index in [4.69, 9.17) is 34.8 Å². The second kappa shape index (κ2) is 7.32. The normalized spacial score (nSPS) is 12.4. The van der Waals surface area contributed by atoms with Gasteiger partial charge in [-0.25, -0.2) is 8.42 Å². The van der Waals surface area contributed by atoms with Crippen LogP contribution in [0.2, 0.25) is 10.0 Å². The molecular weight excluding hydrogens is 341 g/mol. The Morgan fingerprint density at radius 3 is 2.25 bits per heavy atom. The molecule has 0 amide bonds. The van der Waals surface area contributed by atoms with E-state index in [9.17, 15) is 8.42 Å². The van der Waals surface area contributed by atoms with Gasteiger partial charge in [0.15, 0.2) is 0 Å². The van der Waals surface area contributed by atoms with Crippen molar-refractivity contribution in [1.82, 2.24) is 4.31 Å². The van der Waals surface area contributed by atoms with Gasteiger partial charge in [0.05, 0.1) is 5.02 Å². The lowest BCUT2D eigenvalue weighted by atomic mass is 10.2. The Morgan fingerprint density at radius 2 is 1.80 bits per heavy atom. The van der Waals surface area contributed by atoms with Crippen molar-refractivity contribution in [2.75, 3.05) is 13.1 Å². The zero-order valence-corrected chi connectivity index (χ0v) is 14.7. The standard InChI is InChI=1S/C13H18Cl3NO2S/c1-4-17(8-9(2)3)20(18,19)13-5-10(7-14)11(15)6-12(13)16/h5-6,9H,4,7-8H2,1-3H3. The smallest absolute Gasteiger partial charge is 0.207 e. The van der Waals surface area contributed by atoms with Gasteiger partial charge in [-0.15, -0.1) is 11.6 Å². The third-order valence-corrected chi connectivity index (χ3v) is 5.83. The molecular formula is C13H18Cl3NO2S. The zero-order chi connectivity index (χ0) is 15.5. The summed E-state index contributed by atoms with van der Waals surface area (Å²) >= 11 is 17.8. The lowest BCUT2D eigenvalue weighted by molar-refractivity contribution is 0.381. The monoisotopic (exact) mass is 357 g/mol. The number of halogens is 3. The van der Waals surface area contributed by atoms with Crippen LogP contribution in [0, 0.1) is 5.92 Å². The van der Waals surface area contributed by atoms with E-state index < -0.39 is 10.0 Å². The number of benzene rings is 1. The molecule has 1 aromatic rings. The van der Waals surface area contributed by atoms with Crippen LogP contribution in [0.5, 0.6) is 0 Å². The van der Waals surface area contributed by atoms with Gasteiger partial charge in [0.1, 0.15) is 4.90 Å². The molecule has 0 unspecified atom stereocenters. The van der Waals surface area contributed by atoms with Gasteiger partial charge in [-0.3, -0.25) is 0 Å². The minimum atomic E-state index is -3.64. The summed E-state index contributed by atoms with van der Waals surface area (Å²) in [4.78, 5) is 0.0571. The Morgan fingerprint density at radius 1 is 1.20 bits per heavy atom. The summed E-state index contributed by atoms with van der Waals surface area (Å²) in [5, 5.41) is 0.488. The largest absolute Gasteiger partial charge is 0.244 e. The fourth-order valence-electron chi connectivity index (χ4n) is 1.81. The Hall–Kier alpha value is -0.000000000000000111. The van der Waals surface area contributed by atoms with Crippen LogP contribution in [0.15, 0.2) is 17.0 Å². The van der Waals surface area contributed by atoms with Crippen LogP contribution < -0.4 is 0 Å². The van der Waals surface area contributed by atoms with Crippen molar-refractivity contribution in [3.05, 3.63) is 27.7 Å². The molecule has 1 aromatic carbocycles. The molecule has 0 N–H and O–H groups in total. The lowest BCUT2D eigenvalue weighted by Crippen LogP contribution is -2.34. The molecule has 1 rings (SSSR count). The van der Waals surface area contributed by atoms with E-state index in [1.165, 1.54) is 16.4 Å². The number of hydrogen-bond acceptors (Lipinski definition) is 2. The van der Waals surface area contributed by atoms with Crippen molar-refractivity contribution < 1.29 is 8.42 Å². The van der Waals surface area contributed by atoms with Crippen LogP contribution in [0.3, 0.4) is 0 Å². The Bertz CT molecular complexity index is 573. The number of sulfonamides is 1. The molecule has 114 valence electrons. The van der Waals surface area contributed by atoms with Crippen molar-refractivity contribution in [3.8, 4) is 0 Å². The zero-order valence-electron chi connectivity index (χ0n) is 11.7. The maximum absolute atomic E-state index is 12.7. The van der Waals surface area contributed by atoms with Gasteiger partial charge in [0.2, 0.25) is 10.0 Å². The minimum absolute atomic E-state index is 0.0571. The molecule has 0 saturated heterocycles. The maximum atomic E-state index is 12.7. The van der Waals surface area contributed by atoms with E-state index in [2.05, 4.69) is 0 Å². The molecule has 0 radical (unpaired) electrons. The first kappa shape index (κ1) is 18.1. The average molecular weight is 359 g/mol. The van der Waals surface area contributed by atoms with Gasteiger partial charge in [-0.1, -0.05) is 44.0 Å². The van der Waals surface area contributed by atoms with Gasteiger partial charge in [0.25, 0.3) is 0 Å². The van der Waals surface area contributed by atoms with E-state index in [-0.39, 0.29) is 21.7 Å². The molecule has 0 aromatic heterocycles.